The van der Waals surface area contributed by atoms with Gasteiger partial charge in [0.15, 0.2) is 12.6 Å². The van der Waals surface area contributed by atoms with Gasteiger partial charge in [-0.1, -0.05) is 25.0 Å². The zero-order valence-corrected chi connectivity index (χ0v) is 17.1. The number of aliphatic imine (C=N–C) groups is 1. The smallest absolute Gasteiger partial charge is 0.422 e. The van der Waals surface area contributed by atoms with E-state index in [1.807, 2.05) is 0 Å². The average Bonchev–Trinajstić information content (AvgIpc) is 3.16. The van der Waals surface area contributed by atoms with Crippen molar-refractivity contribution in [1.82, 2.24) is 15.5 Å². The maximum Gasteiger partial charge on any atom is 0.422 e. The Hall–Kier alpha value is -2.45. The number of carbonyl (C=O) groups is 1. The van der Waals surface area contributed by atoms with E-state index < -0.39 is 18.2 Å². The van der Waals surface area contributed by atoms with Crippen LogP contribution in [-0.2, 0) is 11.3 Å². The molecular formula is C20H29F3N4O2. The fourth-order valence-electron chi connectivity index (χ4n) is 3.52. The molecule has 0 spiro atoms. The van der Waals surface area contributed by atoms with Crippen molar-refractivity contribution in [2.24, 2.45) is 10.4 Å². The number of nitrogens with zero attached hydrogens (tertiary/aromatic N) is 2. The third kappa shape index (κ3) is 6.83. The minimum Gasteiger partial charge on any atom is -0.484 e. The lowest BCUT2D eigenvalue weighted by molar-refractivity contribution is -0.153. The Morgan fingerprint density at radius 2 is 1.79 bits per heavy atom. The normalized spacial score (nSPS) is 16.4. The van der Waals surface area contributed by atoms with Gasteiger partial charge in [-0.3, -0.25) is 9.79 Å². The first-order valence-corrected chi connectivity index (χ1v) is 9.60. The number of amides is 1. The van der Waals surface area contributed by atoms with E-state index in [0.29, 0.717) is 19.0 Å². The molecule has 0 aromatic heterocycles. The van der Waals surface area contributed by atoms with E-state index in [9.17, 15) is 18.0 Å². The molecule has 0 aliphatic heterocycles. The predicted octanol–water partition coefficient (Wildman–Crippen LogP) is 2.94. The number of ether oxygens (including phenoxy) is 1. The molecule has 0 atom stereocenters. The van der Waals surface area contributed by atoms with Crippen LogP contribution in [0.1, 0.15) is 31.2 Å². The minimum absolute atomic E-state index is 0.132. The molecule has 1 aromatic rings. The molecule has 0 bridgehead atoms. The highest BCUT2D eigenvalue weighted by atomic mass is 19.4. The van der Waals surface area contributed by atoms with Crippen LogP contribution in [0.5, 0.6) is 5.75 Å². The van der Waals surface area contributed by atoms with Crippen LogP contribution in [-0.4, -0.2) is 57.2 Å². The lowest BCUT2D eigenvalue weighted by atomic mass is 9.84. The van der Waals surface area contributed by atoms with Crippen LogP contribution in [0.3, 0.4) is 0 Å². The van der Waals surface area contributed by atoms with E-state index in [2.05, 4.69) is 15.6 Å². The molecule has 1 aliphatic carbocycles. The number of benzene rings is 1. The molecule has 6 nitrogen and oxygen atoms in total. The Balaban J connectivity index is 1.86. The highest BCUT2D eigenvalue weighted by Gasteiger charge is 2.42. The van der Waals surface area contributed by atoms with E-state index in [1.165, 1.54) is 12.1 Å². The topological polar surface area (TPSA) is 66.0 Å². The van der Waals surface area contributed by atoms with E-state index in [0.717, 1.165) is 31.2 Å². The number of guanidine groups is 1. The van der Waals surface area contributed by atoms with Crippen LogP contribution in [0.25, 0.3) is 0 Å². The second kappa shape index (κ2) is 9.84. The van der Waals surface area contributed by atoms with Gasteiger partial charge < -0.3 is 20.3 Å². The van der Waals surface area contributed by atoms with Crippen molar-refractivity contribution >= 4 is 11.9 Å². The lowest BCUT2D eigenvalue weighted by Gasteiger charge is -2.31. The van der Waals surface area contributed by atoms with Crippen molar-refractivity contribution in [3.63, 3.8) is 0 Å². The average molecular weight is 414 g/mol. The summed E-state index contributed by atoms with van der Waals surface area (Å²) in [7, 11) is 5.20. The Bertz CT molecular complexity index is 697. The third-order valence-corrected chi connectivity index (χ3v) is 5.02. The second-order valence-corrected chi connectivity index (χ2v) is 7.51. The van der Waals surface area contributed by atoms with Gasteiger partial charge in [0.1, 0.15) is 5.75 Å². The van der Waals surface area contributed by atoms with Crippen LogP contribution >= 0.6 is 0 Å². The third-order valence-electron chi connectivity index (χ3n) is 5.02. The summed E-state index contributed by atoms with van der Waals surface area (Å²) in [6.45, 7) is -0.365. The summed E-state index contributed by atoms with van der Waals surface area (Å²) in [4.78, 5) is 18.5. The van der Waals surface area contributed by atoms with Crippen LogP contribution in [0.15, 0.2) is 29.3 Å². The van der Waals surface area contributed by atoms with E-state index in [1.54, 1.807) is 38.2 Å². The molecule has 0 radical (unpaired) electrons. The summed E-state index contributed by atoms with van der Waals surface area (Å²) in [5.74, 6) is 0.867. The van der Waals surface area contributed by atoms with E-state index >= 15 is 0 Å². The molecule has 0 unspecified atom stereocenters. The van der Waals surface area contributed by atoms with Gasteiger partial charge in [-0.05, 0) is 30.5 Å². The molecule has 1 amide bonds. The molecule has 0 saturated heterocycles. The van der Waals surface area contributed by atoms with Gasteiger partial charge in [0.25, 0.3) is 0 Å². The molecule has 0 heterocycles. The van der Waals surface area contributed by atoms with Gasteiger partial charge in [0, 0.05) is 34.2 Å². The van der Waals surface area contributed by atoms with Crippen molar-refractivity contribution in [3.8, 4) is 5.75 Å². The van der Waals surface area contributed by atoms with Crippen LogP contribution < -0.4 is 15.4 Å². The van der Waals surface area contributed by atoms with E-state index in [4.69, 9.17) is 4.74 Å². The summed E-state index contributed by atoms with van der Waals surface area (Å²) in [5, 5.41) is 6.41. The highest BCUT2D eigenvalue weighted by Crippen LogP contribution is 2.38. The SMILES string of the molecule is CN=C(NCc1ccc(OCC(F)(F)F)cc1)NCC1(C(=O)N(C)C)CCCC1. The maximum absolute atomic E-state index is 12.6. The standard InChI is InChI=1S/C20H29F3N4O2/c1-24-18(26-13-19(10-4-5-11-19)17(28)27(2)3)25-12-15-6-8-16(9-7-15)29-14-20(21,22)23/h6-9H,4-5,10-14H2,1-3H3,(H2,24,25,26). The number of alkyl halides is 3. The molecule has 1 aromatic carbocycles. The summed E-state index contributed by atoms with van der Waals surface area (Å²) >= 11 is 0. The zero-order valence-electron chi connectivity index (χ0n) is 17.1. The fourth-order valence-corrected chi connectivity index (χ4v) is 3.52. The first kappa shape index (κ1) is 22.8. The van der Waals surface area contributed by atoms with Gasteiger partial charge in [-0.2, -0.15) is 13.2 Å². The van der Waals surface area contributed by atoms with Gasteiger partial charge in [-0.25, -0.2) is 0 Å². The summed E-state index contributed by atoms with van der Waals surface area (Å²) in [5.41, 5.74) is 0.464. The summed E-state index contributed by atoms with van der Waals surface area (Å²) in [6.07, 6.45) is -0.573. The van der Waals surface area contributed by atoms with Crippen molar-refractivity contribution < 1.29 is 22.7 Å². The molecule has 2 rings (SSSR count). The van der Waals surface area contributed by atoms with Crippen molar-refractivity contribution in [2.45, 2.75) is 38.4 Å². The van der Waals surface area contributed by atoms with Gasteiger partial charge in [-0.15, -0.1) is 0 Å². The predicted molar refractivity (Wildman–Crippen MR) is 106 cm³/mol. The molecule has 1 aliphatic rings. The quantitative estimate of drug-likeness (QED) is 0.532. The van der Waals surface area contributed by atoms with E-state index in [-0.39, 0.29) is 11.7 Å². The lowest BCUT2D eigenvalue weighted by Crippen LogP contribution is -2.49. The number of halogens is 3. The Kier molecular flexibility index (Phi) is 7.75. The summed E-state index contributed by atoms with van der Waals surface area (Å²) in [6, 6.07) is 6.39. The number of carbonyl (C=O) groups excluding carboxylic acids is 1. The number of rotatable bonds is 7. The van der Waals surface area contributed by atoms with Gasteiger partial charge >= 0.3 is 6.18 Å². The number of hydrogen-bond acceptors (Lipinski definition) is 3. The number of hydrogen-bond donors (Lipinski definition) is 2. The number of nitrogens with one attached hydrogen (secondary N) is 2. The Labute approximate surface area is 169 Å². The Morgan fingerprint density at radius 1 is 1.17 bits per heavy atom. The molecule has 1 fully saturated rings. The molecule has 29 heavy (non-hydrogen) atoms. The molecule has 9 heteroatoms. The molecule has 1 saturated carbocycles. The molecule has 162 valence electrons. The highest BCUT2D eigenvalue weighted by molar-refractivity contribution is 5.85. The first-order valence-electron chi connectivity index (χ1n) is 9.60. The molecular weight excluding hydrogens is 385 g/mol. The van der Waals surface area contributed by atoms with Crippen molar-refractivity contribution in [2.75, 3.05) is 34.3 Å². The first-order chi connectivity index (χ1) is 13.6. The Morgan fingerprint density at radius 3 is 2.31 bits per heavy atom. The van der Waals surface area contributed by atoms with Crippen molar-refractivity contribution in [1.29, 1.82) is 0 Å². The maximum atomic E-state index is 12.6. The van der Waals surface area contributed by atoms with Gasteiger partial charge in [0.05, 0.1) is 5.41 Å². The zero-order chi connectivity index (χ0) is 21.5. The summed E-state index contributed by atoms with van der Waals surface area (Å²) < 4.78 is 41.3. The second-order valence-electron chi connectivity index (χ2n) is 7.51. The fraction of sp³-hybridized carbons (Fsp3) is 0.600. The van der Waals surface area contributed by atoms with Crippen molar-refractivity contribution in [3.05, 3.63) is 29.8 Å². The minimum atomic E-state index is -4.36. The van der Waals surface area contributed by atoms with Crippen LogP contribution in [0.4, 0.5) is 13.2 Å². The van der Waals surface area contributed by atoms with Crippen LogP contribution in [0, 0.1) is 5.41 Å². The van der Waals surface area contributed by atoms with Gasteiger partial charge in [0.2, 0.25) is 5.91 Å². The monoisotopic (exact) mass is 414 g/mol. The largest absolute Gasteiger partial charge is 0.484 e. The molecule has 2 N–H and O–H groups in total. The van der Waals surface area contributed by atoms with Crippen LogP contribution in [0.2, 0.25) is 0 Å².